The standard InChI is InChI=1S/C17H27NO/c1-3-14-8-5-9-15(4-2)17(14)18-12-6-10-16-11-7-13-19-16/h5,8-9,16,18H,3-4,6-7,10-13H2,1-2H3. The lowest BCUT2D eigenvalue weighted by molar-refractivity contribution is 0.103. The zero-order chi connectivity index (χ0) is 13.5. The molecule has 0 aliphatic carbocycles. The molecule has 106 valence electrons. The Hall–Kier alpha value is -1.02. The van der Waals surface area contributed by atoms with E-state index in [0.717, 1.165) is 26.0 Å². The van der Waals surface area contributed by atoms with Crippen LogP contribution in [0.3, 0.4) is 0 Å². The van der Waals surface area contributed by atoms with Crippen LogP contribution in [0.25, 0.3) is 0 Å². The van der Waals surface area contributed by atoms with Gasteiger partial charge < -0.3 is 10.1 Å². The van der Waals surface area contributed by atoms with Gasteiger partial charge in [0.2, 0.25) is 0 Å². The van der Waals surface area contributed by atoms with Crippen molar-refractivity contribution in [2.75, 3.05) is 18.5 Å². The van der Waals surface area contributed by atoms with Crippen molar-refractivity contribution in [3.8, 4) is 0 Å². The molecule has 0 radical (unpaired) electrons. The monoisotopic (exact) mass is 261 g/mol. The molecule has 1 heterocycles. The molecule has 0 aromatic heterocycles. The van der Waals surface area contributed by atoms with Gasteiger partial charge in [0.25, 0.3) is 0 Å². The van der Waals surface area contributed by atoms with Crippen molar-refractivity contribution in [1.82, 2.24) is 0 Å². The molecule has 1 saturated heterocycles. The fraction of sp³-hybridized carbons (Fsp3) is 0.647. The van der Waals surface area contributed by atoms with Crippen molar-refractivity contribution >= 4 is 5.69 Å². The molecular formula is C17H27NO. The van der Waals surface area contributed by atoms with Crippen LogP contribution >= 0.6 is 0 Å². The molecule has 0 saturated carbocycles. The number of anilines is 1. The Balaban J connectivity index is 1.83. The van der Waals surface area contributed by atoms with Gasteiger partial charge in [0.15, 0.2) is 0 Å². The number of hydrogen-bond donors (Lipinski definition) is 1. The predicted molar refractivity (Wildman–Crippen MR) is 81.9 cm³/mol. The maximum Gasteiger partial charge on any atom is 0.0576 e. The minimum Gasteiger partial charge on any atom is -0.385 e. The average molecular weight is 261 g/mol. The second kappa shape index (κ2) is 7.54. The molecule has 1 aliphatic heterocycles. The highest BCUT2D eigenvalue weighted by atomic mass is 16.5. The summed E-state index contributed by atoms with van der Waals surface area (Å²) in [6.45, 7) is 6.49. The molecule has 1 aromatic carbocycles. The number of hydrogen-bond acceptors (Lipinski definition) is 2. The first-order chi connectivity index (χ1) is 9.35. The number of ether oxygens (including phenoxy) is 1. The summed E-state index contributed by atoms with van der Waals surface area (Å²) in [4.78, 5) is 0. The van der Waals surface area contributed by atoms with Crippen molar-refractivity contribution in [2.24, 2.45) is 0 Å². The second-order valence-corrected chi connectivity index (χ2v) is 5.36. The molecule has 19 heavy (non-hydrogen) atoms. The molecule has 2 nitrogen and oxygen atoms in total. The summed E-state index contributed by atoms with van der Waals surface area (Å²) >= 11 is 0. The van der Waals surface area contributed by atoms with Crippen LogP contribution in [-0.4, -0.2) is 19.3 Å². The van der Waals surface area contributed by atoms with E-state index < -0.39 is 0 Å². The third-order valence-electron chi connectivity index (χ3n) is 4.03. The van der Waals surface area contributed by atoms with Crippen molar-refractivity contribution in [2.45, 2.75) is 58.5 Å². The summed E-state index contributed by atoms with van der Waals surface area (Å²) in [6, 6.07) is 6.65. The highest BCUT2D eigenvalue weighted by Gasteiger charge is 2.14. The highest BCUT2D eigenvalue weighted by molar-refractivity contribution is 5.57. The van der Waals surface area contributed by atoms with Gasteiger partial charge in [-0.2, -0.15) is 0 Å². The fourth-order valence-corrected chi connectivity index (χ4v) is 2.88. The van der Waals surface area contributed by atoms with Gasteiger partial charge in [-0.25, -0.2) is 0 Å². The van der Waals surface area contributed by atoms with Gasteiger partial charge in [-0.1, -0.05) is 32.0 Å². The largest absolute Gasteiger partial charge is 0.385 e. The molecule has 2 heteroatoms. The van der Waals surface area contributed by atoms with Gasteiger partial charge in [0, 0.05) is 18.8 Å². The van der Waals surface area contributed by atoms with Crippen molar-refractivity contribution in [1.29, 1.82) is 0 Å². The van der Waals surface area contributed by atoms with E-state index in [4.69, 9.17) is 4.74 Å². The number of benzene rings is 1. The SMILES string of the molecule is CCc1cccc(CC)c1NCCCC1CCCO1. The Morgan fingerprint density at radius 2 is 1.95 bits per heavy atom. The topological polar surface area (TPSA) is 21.3 Å². The molecule has 0 amide bonds. The van der Waals surface area contributed by atoms with Gasteiger partial charge in [0.1, 0.15) is 0 Å². The van der Waals surface area contributed by atoms with Crippen LogP contribution in [0.5, 0.6) is 0 Å². The Morgan fingerprint density at radius 1 is 1.21 bits per heavy atom. The molecule has 1 aliphatic rings. The molecule has 2 rings (SSSR count). The third kappa shape index (κ3) is 3.97. The summed E-state index contributed by atoms with van der Waals surface area (Å²) in [6.07, 6.45) is 7.62. The Bertz CT molecular complexity index is 361. The Labute approximate surface area is 117 Å². The lowest BCUT2D eigenvalue weighted by Crippen LogP contribution is -2.11. The molecule has 1 N–H and O–H groups in total. The van der Waals surface area contributed by atoms with Crippen LogP contribution in [0.4, 0.5) is 5.69 Å². The summed E-state index contributed by atoms with van der Waals surface area (Å²) in [5.41, 5.74) is 4.26. The molecular weight excluding hydrogens is 234 g/mol. The molecule has 1 aromatic rings. The normalized spacial score (nSPS) is 18.7. The lowest BCUT2D eigenvalue weighted by Gasteiger charge is -2.16. The van der Waals surface area contributed by atoms with Crippen molar-refractivity contribution < 1.29 is 4.74 Å². The minimum atomic E-state index is 0.522. The van der Waals surface area contributed by atoms with Crippen LogP contribution in [0.2, 0.25) is 0 Å². The van der Waals surface area contributed by atoms with E-state index in [9.17, 15) is 0 Å². The zero-order valence-electron chi connectivity index (χ0n) is 12.4. The van der Waals surface area contributed by atoms with E-state index in [1.807, 2.05) is 0 Å². The molecule has 1 atom stereocenters. The minimum absolute atomic E-state index is 0.522. The Kier molecular flexibility index (Phi) is 5.71. The first kappa shape index (κ1) is 14.4. The van der Waals surface area contributed by atoms with E-state index >= 15 is 0 Å². The maximum atomic E-state index is 5.67. The smallest absolute Gasteiger partial charge is 0.0576 e. The number of nitrogens with one attached hydrogen (secondary N) is 1. The molecule has 0 spiro atoms. The van der Waals surface area contributed by atoms with Gasteiger partial charge >= 0.3 is 0 Å². The van der Waals surface area contributed by atoms with E-state index in [1.165, 1.54) is 42.5 Å². The Morgan fingerprint density at radius 3 is 2.53 bits per heavy atom. The number of rotatable bonds is 7. The van der Waals surface area contributed by atoms with Crippen molar-refractivity contribution in [3.05, 3.63) is 29.3 Å². The van der Waals surface area contributed by atoms with E-state index in [2.05, 4.69) is 37.4 Å². The molecule has 0 bridgehead atoms. The fourth-order valence-electron chi connectivity index (χ4n) is 2.88. The summed E-state index contributed by atoms with van der Waals surface area (Å²) in [5, 5.41) is 3.65. The molecule has 1 fully saturated rings. The van der Waals surface area contributed by atoms with Crippen LogP contribution < -0.4 is 5.32 Å². The predicted octanol–water partition coefficient (Wildman–Crippen LogP) is 4.18. The first-order valence-corrected chi connectivity index (χ1v) is 7.81. The van der Waals surface area contributed by atoms with Crippen LogP contribution in [0.15, 0.2) is 18.2 Å². The molecule has 1 unspecified atom stereocenters. The van der Waals surface area contributed by atoms with E-state index in [-0.39, 0.29) is 0 Å². The second-order valence-electron chi connectivity index (χ2n) is 5.36. The quantitative estimate of drug-likeness (QED) is 0.743. The summed E-state index contributed by atoms with van der Waals surface area (Å²) < 4.78 is 5.67. The van der Waals surface area contributed by atoms with Crippen LogP contribution in [0, 0.1) is 0 Å². The van der Waals surface area contributed by atoms with Gasteiger partial charge in [-0.3, -0.25) is 0 Å². The summed E-state index contributed by atoms with van der Waals surface area (Å²) in [7, 11) is 0. The zero-order valence-corrected chi connectivity index (χ0v) is 12.4. The van der Waals surface area contributed by atoms with Crippen molar-refractivity contribution in [3.63, 3.8) is 0 Å². The average Bonchev–Trinajstić information content (AvgIpc) is 2.96. The van der Waals surface area contributed by atoms with E-state index in [0.29, 0.717) is 6.10 Å². The van der Waals surface area contributed by atoms with Gasteiger partial charge in [0.05, 0.1) is 6.10 Å². The number of aryl methyl sites for hydroxylation is 2. The van der Waals surface area contributed by atoms with E-state index in [1.54, 1.807) is 0 Å². The first-order valence-electron chi connectivity index (χ1n) is 7.81. The van der Waals surface area contributed by atoms with Crippen LogP contribution in [-0.2, 0) is 17.6 Å². The van der Waals surface area contributed by atoms with Crippen LogP contribution in [0.1, 0.15) is 50.7 Å². The number of para-hydroxylation sites is 1. The highest BCUT2D eigenvalue weighted by Crippen LogP contribution is 2.23. The van der Waals surface area contributed by atoms with Gasteiger partial charge in [-0.15, -0.1) is 0 Å². The third-order valence-corrected chi connectivity index (χ3v) is 4.03. The maximum absolute atomic E-state index is 5.67. The summed E-state index contributed by atoms with van der Waals surface area (Å²) in [5.74, 6) is 0. The van der Waals surface area contributed by atoms with Gasteiger partial charge in [-0.05, 0) is 49.7 Å². The lowest BCUT2D eigenvalue weighted by atomic mass is 10.0.